The molecule has 1 saturated heterocycles. The number of likely N-dealkylation sites (tertiary alicyclic amines) is 1. The van der Waals surface area contributed by atoms with Crippen LogP contribution in [0.4, 0.5) is 0 Å². The Balaban J connectivity index is 1.59. The summed E-state index contributed by atoms with van der Waals surface area (Å²) in [5, 5.41) is 1.13. The molecule has 2 aliphatic rings. The Morgan fingerprint density at radius 3 is 2.70 bits per heavy atom. The van der Waals surface area contributed by atoms with Crippen LogP contribution in [0.15, 0.2) is 24.3 Å². The van der Waals surface area contributed by atoms with Gasteiger partial charge < -0.3 is 14.6 Å². The lowest BCUT2D eigenvalue weighted by Gasteiger charge is -2.30. The molecule has 144 valence electrons. The number of aromatic amines is 1. The van der Waals surface area contributed by atoms with Crippen molar-refractivity contribution in [3.63, 3.8) is 0 Å². The number of H-pyrrole nitrogens is 1. The molecule has 0 aliphatic carbocycles. The summed E-state index contributed by atoms with van der Waals surface area (Å²) in [7, 11) is 1.41. The molecule has 6 nitrogen and oxygen atoms in total. The Morgan fingerprint density at radius 2 is 1.93 bits per heavy atom. The monoisotopic (exact) mass is 369 g/mol. The Kier molecular flexibility index (Phi) is 5.16. The average molecular weight is 369 g/mol. The number of benzene rings is 1. The molecule has 1 unspecified atom stereocenters. The normalized spacial score (nSPS) is 20.9. The molecule has 1 aromatic carbocycles. The summed E-state index contributed by atoms with van der Waals surface area (Å²) in [6.07, 6.45) is 4.32. The molecule has 1 amide bonds. The van der Waals surface area contributed by atoms with Gasteiger partial charge in [0.1, 0.15) is 5.92 Å². The van der Waals surface area contributed by atoms with E-state index in [1.165, 1.54) is 13.5 Å². The molecular weight excluding hydrogens is 342 g/mol. The second-order valence-electron chi connectivity index (χ2n) is 7.57. The lowest BCUT2D eigenvalue weighted by atomic mass is 10.00. The number of hydrogen-bond donors (Lipinski definition) is 1. The third-order valence-electron chi connectivity index (χ3n) is 5.88. The van der Waals surface area contributed by atoms with Gasteiger partial charge in [-0.05, 0) is 44.0 Å². The van der Waals surface area contributed by atoms with E-state index in [1.54, 1.807) is 0 Å². The van der Waals surface area contributed by atoms with Gasteiger partial charge in [-0.3, -0.25) is 14.5 Å². The fourth-order valence-electron chi connectivity index (χ4n) is 4.41. The highest BCUT2D eigenvalue weighted by Gasteiger charge is 2.34. The number of methoxy groups -OCH3 is 1. The molecule has 27 heavy (non-hydrogen) atoms. The lowest BCUT2D eigenvalue weighted by molar-refractivity contribution is -0.144. The van der Waals surface area contributed by atoms with Gasteiger partial charge in [0.15, 0.2) is 0 Å². The maximum absolute atomic E-state index is 12.9. The second kappa shape index (κ2) is 7.72. The van der Waals surface area contributed by atoms with E-state index in [0.29, 0.717) is 19.6 Å². The van der Waals surface area contributed by atoms with E-state index in [9.17, 15) is 9.59 Å². The van der Waals surface area contributed by atoms with Crippen LogP contribution < -0.4 is 0 Å². The predicted octanol–water partition coefficient (Wildman–Crippen LogP) is 2.30. The number of nitrogens with zero attached hydrogens (tertiary/aromatic N) is 2. The zero-order chi connectivity index (χ0) is 18.8. The van der Waals surface area contributed by atoms with E-state index >= 15 is 0 Å². The van der Waals surface area contributed by atoms with Crippen molar-refractivity contribution >= 4 is 22.8 Å². The Labute approximate surface area is 159 Å². The van der Waals surface area contributed by atoms with Crippen LogP contribution in [0.3, 0.4) is 0 Å². The molecule has 0 radical (unpaired) electrons. The minimum Gasteiger partial charge on any atom is -0.468 e. The van der Waals surface area contributed by atoms with Crippen LogP contribution in [0.2, 0.25) is 0 Å². The zero-order valence-electron chi connectivity index (χ0n) is 15.9. The SMILES string of the molecule is COC(=O)C1CN(C(=O)CN2CCCCC2)CCc2c1[nH]c1ccccc21. The van der Waals surface area contributed by atoms with Gasteiger partial charge in [0.25, 0.3) is 0 Å². The third kappa shape index (κ3) is 3.58. The summed E-state index contributed by atoms with van der Waals surface area (Å²) in [5.41, 5.74) is 3.06. The van der Waals surface area contributed by atoms with Crippen molar-refractivity contribution in [2.75, 3.05) is 39.8 Å². The van der Waals surface area contributed by atoms with Gasteiger partial charge in [-0.15, -0.1) is 0 Å². The number of amides is 1. The highest BCUT2D eigenvalue weighted by molar-refractivity contribution is 5.89. The van der Waals surface area contributed by atoms with Crippen molar-refractivity contribution in [3.8, 4) is 0 Å². The first kappa shape index (κ1) is 18.0. The average Bonchev–Trinajstić information content (AvgIpc) is 2.95. The third-order valence-corrected chi connectivity index (χ3v) is 5.88. The standard InChI is InChI=1S/C21H27N3O3/c1-27-21(26)17-13-24(19(25)14-23-10-5-2-6-11-23)12-9-16-15-7-3-4-8-18(15)22-20(16)17/h3-4,7-8,17,22H,2,5-6,9-14H2,1H3. The molecule has 2 aromatic rings. The van der Waals surface area contributed by atoms with Crippen LogP contribution in [0, 0.1) is 0 Å². The summed E-state index contributed by atoms with van der Waals surface area (Å²) in [6, 6.07) is 8.09. The molecule has 3 heterocycles. The van der Waals surface area contributed by atoms with E-state index < -0.39 is 5.92 Å². The number of esters is 1. The summed E-state index contributed by atoms with van der Waals surface area (Å²) < 4.78 is 5.07. The van der Waals surface area contributed by atoms with Crippen LogP contribution >= 0.6 is 0 Å². The number of rotatable bonds is 3. The maximum atomic E-state index is 12.9. The largest absolute Gasteiger partial charge is 0.468 e. The Hall–Kier alpha value is -2.34. The van der Waals surface area contributed by atoms with Crippen molar-refractivity contribution in [3.05, 3.63) is 35.5 Å². The van der Waals surface area contributed by atoms with Crippen LogP contribution in [0.5, 0.6) is 0 Å². The van der Waals surface area contributed by atoms with Gasteiger partial charge in [-0.2, -0.15) is 0 Å². The first-order chi connectivity index (χ1) is 13.2. The molecule has 1 atom stereocenters. The summed E-state index contributed by atoms with van der Waals surface area (Å²) in [5.74, 6) is -0.647. The minimum atomic E-state index is -0.467. The topological polar surface area (TPSA) is 65.6 Å². The molecule has 1 aromatic heterocycles. The van der Waals surface area contributed by atoms with Gasteiger partial charge in [-0.25, -0.2) is 0 Å². The fraction of sp³-hybridized carbons (Fsp3) is 0.524. The van der Waals surface area contributed by atoms with Gasteiger partial charge in [-0.1, -0.05) is 24.6 Å². The number of fused-ring (bicyclic) bond motifs is 3. The van der Waals surface area contributed by atoms with E-state index in [1.807, 2.05) is 23.1 Å². The number of piperidine rings is 1. The number of para-hydroxylation sites is 1. The molecule has 4 rings (SSSR count). The number of ether oxygens (including phenoxy) is 1. The molecule has 0 spiro atoms. The first-order valence-electron chi connectivity index (χ1n) is 9.85. The summed E-state index contributed by atoms with van der Waals surface area (Å²) >= 11 is 0. The van der Waals surface area contributed by atoms with Crippen molar-refractivity contribution in [2.24, 2.45) is 0 Å². The molecule has 6 heteroatoms. The summed E-state index contributed by atoms with van der Waals surface area (Å²) in [6.45, 7) is 3.43. The zero-order valence-corrected chi connectivity index (χ0v) is 15.9. The molecule has 0 bridgehead atoms. The summed E-state index contributed by atoms with van der Waals surface area (Å²) in [4.78, 5) is 33.0. The number of hydrogen-bond acceptors (Lipinski definition) is 4. The molecule has 1 N–H and O–H groups in total. The van der Waals surface area contributed by atoms with Gasteiger partial charge in [0.2, 0.25) is 5.91 Å². The van der Waals surface area contributed by atoms with Gasteiger partial charge >= 0.3 is 5.97 Å². The van der Waals surface area contributed by atoms with Gasteiger partial charge in [0.05, 0.1) is 13.7 Å². The van der Waals surface area contributed by atoms with E-state index in [4.69, 9.17) is 4.74 Å². The van der Waals surface area contributed by atoms with Crippen LogP contribution in [-0.2, 0) is 20.7 Å². The van der Waals surface area contributed by atoms with Crippen LogP contribution in [0.25, 0.3) is 10.9 Å². The fourth-order valence-corrected chi connectivity index (χ4v) is 4.41. The second-order valence-corrected chi connectivity index (χ2v) is 7.57. The number of nitrogens with one attached hydrogen (secondary N) is 1. The van der Waals surface area contributed by atoms with Crippen molar-refractivity contribution in [1.82, 2.24) is 14.8 Å². The molecule has 2 aliphatic heterocycles. The van der Waals surface area contributed by atoms with E-state index in [2.05, 4.69) is 16.0 Å². The smallest absolute Gasteiger partial charge is 0.316 e. The Bertz CT molecular complexity index is 838. The highest BCUT2D eigenvalue weighted by atomic mass is 16.5. The van der Waals surface area contributed by atoms with Crippen molar-refractivity contribution in [2.45, 2.75) is 31.6 Å². The number of carbonyl (C=O) groups excluding carboxylic acids is 2. The first-order valence-corrected chi connectivity index (χ1v) is 9.85. The minimum absolute atomic E-state index is 0.111. The number of carbonyl (C=O) groups is 2. The predicted molar refractivity (Wildman–Crippen MR) is 104 cm³/mol. The van der Waals surface area contributed by atoms with Crippen LogP contribution in [-0.4, -0.2) is 66.5 Å². The molecule has 0 saturated carbocycles. The highest BCUT2D eigenvalue weighted by Crippen LogP contribution is 2.32. The van der Waals surface area contributed by atoms with Crippen molar-refractivity contribution in [1.29, 1.82) is 0 Å². The van der Waals surface area contributed by atoms with Gasteiger partial charge in [0, 0.05) is 29.7 Å². The Morgan fingerprint density at radius 1 is 1.15 bits per heavy atom. The van der Waals surface area contributed by atoms with E-state index in [0.717, 1.165) is 54.5 Å². The van der Waals surface area contributed by atoms with E-state index in [-0.39, 0.29) is 11.9 Å². The molecular formula is C21H27N3O3. The number of aromatic nitrogens is 1. The quantitative estimate of drug-likeness (QED) is 0.843. The van der Waals surface area contributed by atoms with Crippen LogP contribution in [0.1, 0.15) is 36.4 Å². The maximum Gasteiger partial charge on any atom is 0.316 e. The van der Waals surface area contributed by atoms with Crippen molar-refractivity contribution < 1.29 is 14.3 Å². The molecule has 1 fully saturated rings. The lowest BCUT2D eigenvalue weighted by Crippen LogP contribution is -2.44.